The maximum Gasteiger partial charge on any atom is 0.354 e. The quantitative estimate of drug-likeness (QED) is 0.765. The zero-order valence-corrected chi connectivity index (χ0v) is 8.23. The first kappa shape index (κ1) is 7.91. The largest absolute Gasteiger partial charge is 0.477 e. The van der Waals surface area contributed by atoms with Gasteiger partial charge in [0.15, 0.2) is 0 Å². The van der Waals surface area contributed by atoms with Crippen LogP contribution < -0.4 is 0 Å². The smallest absolute Gasteiger partial charge is 0.354 e. The number of hydrogen-bond donors (Lipinski definition) is 2. The molecule has 4 heteroatoms. The number of aromatic amines is 1. The molecule has 1 heterocycles. The van der Waals surface area contributed by atoms with E-state index in [0.29, 0.717) is 11.6 Å². The Balaban J connectivity index is 1.71. The van der Waals surface area contributed by atoms with E-state index in [4.69, 9.17) is 5.11 Å². The maximum atomic E-state index is 10.9. The van der Waals surface area contributed by atoms with Crippen molar-refractivity contribution in [2.75, 3.05) is 0 Å². The third kappa shape index (κ3) is 0.874. The lowest BCUT2D eigenvalue weighted by atomic mass is 10.0. The predicted octanol–water partition coefficient (Wildman–Crippen LogP) is 1.40. The number of rotatable bonds is 2. The van der Waals surface area contributed by atoms with Gasteiger partial charge in [-0.1, -0.05) is 0 Å². The number of aromatic nitrogens is 2. The van der Waals surface area contributed by atoms with Crippen LogP contribution >= 0.6 is 0 Å². The average Bonchev–Trinajstić information content (AvgIpc) is 3.03. The van der Waals surface area contributed by atoms with Crippen molar-refractivity contribution in [3.8, 4) is 0 Å². The maximum absolute atomic E-state index is 10.9. The highest BCUT2D eigenvalue weighted by atomic mass is 16.4. The number of carboxylic acid groups (broad SMARTS) is 1. The minimum absolute atomic E-state index is 0.326. The van der Waals surface area contributed by atoms with Gasteiger partial charge in [0, 0.05) is 11.5 Å². The number of aromatic carboxylic acids is 1. The van der Waals surface area contributed by atoms with E-state index in [9.17, 15) is 4.79 Å². The molecule has 78 valence electrons. The highest BCUT2D eigenvalue weighted by Crippen LogP contribution is 2.68. The number of nitrogens with zero attached hydrogens (tertiary/aromatic N) is 1. The van der Waals surface area contributed by atoms with Gasteiger partial charge in [0.25, 0.3) is 0 Å². The minimum Gasteiger partial charge on any atom is -0.477 e. The first-order chi connectivity index (χ1) is 7.27. The van der Waals surface area contributed by atoms with Gasteiger partial charge in [-0.05, 0) is 37.0 Å². The summed E-state index contributed by atoms with van der Waals surface area (Å²) in [5, 5.41) is 15.8. The van der Waals surface area contributed by atoms with Gasteiger partial charge in [0.1, 0.15) is 5.69 Å². The van der Waals surface area contributed by atoms with Crippen LogP contribution in [0.15, 0.2) is 0 Å². The molecule has 0 aromatic carbocycles. The molecule has 3 aliphatic rings. The first-order valence-electron chi connectivity index (χ1n) is 5.58. The molecule has 3 aliphatic carbocycles. The van der Waals surface area contributed by atoms with Gasteiger partial charge in [-0.2, -0.15) is 5.10 Å². The van der Waals surface area contributed by atoms with Gasteiger partial charge in [-0.25, -0.2) is 4.79 Å². The number of hydrogen-bond acceptors (Lipinski definition) is 2. The van der Waals surface area contributed by atoms with Gasteiger partial charge in [-0.15, -0.1) is 0 Å². The molecule has 1 unspecified atom stereocenters. The summed E-state index contributed by atoms with van der Waals surface area (Å²) in [6.07, 6.45) is 3.70. The average molecular weight is 204 g/mol. The van der Waals surface area contributed by atoms with Crippen molar-refractivity contribution >= 4 is 5.97 Å². The Morgan fingerprint density at radius 2 is 2.27 bits per heavy atom. The first-order valence-corrected chi connectivity index (χ1v) is 5.58. The number of fused-ring (bicyclic) bond motifs is 3. The van der Waals surface area contributed by atoms with Crippen molar-refractivity contribution in [2.45, 2.75) is 25.2 Å². The normalized spacial score (nSPS) is 36.1. The lowest BCUT2D eigenvalue weighted by Gasteiger charge is -2.00. The van der Waals surface area contributed by atoms with E-state index < -0.39 is 5.97 Å². The van der Waals surface area contributed by atoms with Gasteiger partial charge < -0.3 is 5.11 Å². The summed E-state index contributed by atoms with van der Waals surface area (Å²) in [7, 11) is 0. The van der Waals surface area contributed by atoms with Crippen LogP contribution in [0.2, 0.25) is 0 Å². The van der Waals surface area contributed by atoms with Crippen LogP contribution in [-0.2, 0) is 6.42 Å². The van der Waals surface area contributed by atoms with Crippen molar-refractivity contribution in [3.63, 3.8) is 0 Å². The second-order valence-corrected chi connectivity index (χ2v) is 5.08. The lowest BCUT2D eigenvalue weighted by molar-refractivity contribution is 0.0689. The Morgan fingerprint density at radius 1 is 1.47 bits per heavy atom. The van der Waals surface area contributed by atoms with Crippen molar-refractivity contribution < 1.29 is 9.90 Å². The van der Waals surface area contributed by atoms with Crippen molar-refractivity contribution in [2.24, 2.45) is 17.8 Å². The molecule has 0 spiro atoms. The van der Waals surface area contributed by atoms with Crippen LogP contribution in [0, 0.1) is 17.8 Å². The zero-order valence-electron chi connectivity index (χ0n) is 8.23. The summed E-state index contributed by atoms with van der Waals surface area (Å²) < 4.78 is 0. The Morgan fingerprint density at radius 3 is 2.93 bits per heavy atom. The fraction of sp³-hybridized carbons (Fsp3) is 0.636. The standard InChI is InChI=1S/C11H12N2O2/c14-11(15)10-6-3-5-7(4-1-2-4)8(5)9(6)12-13-10/h4-5,7-8H,1-3H2,(H,12,13)(H,14,15)/t5-,7?,8+/m0/s1. The SMILES string of the molecule is O=C(O)c1[nH]nc2c1C[C@H]1C(C3CC3)[C@H]21. The molecule has 0 aliphatic heterocycles. The number of nitrogens with one attached hydrogen (secondary N) is 1. The van der Waals surface area contributed by atoms with E-state index in [1.165, 1.54) is 12.8 Å². The van der Waals surface area contributed by atoms with E-state index in [1.54, 1.807) is 0 Å². The van der Waals surface area contributed by atoms with Crippen LogP contribution in [0.5, 0.6) is 0 Å². The van der Waals surface area contributed by atoms with Crippen molar-refractivity contribution in [3.05, 3.63) is 17.0 Å². The van der Waals surface area contributed by atoms with E-state index in [0.717, 1.165) is 35.4 Å². The molecule has 2 fully saturated rings. The third-order valence-corrected chi connectivity index (χ3v) is 4.26. The second-order valence-electron chi connectivity index (χ2n) is 5.08. The topological polar surface area (TPSA) is 66.0 Å². The van der Waals surface area contributed by atoms with Crippen molar-refractivity contribution in [1.82, 2.24) is 10.2 Å². The Bertz CT molecular complexity index is 461. The molecular weight excluding hydrogens is 192 g/mol. The summed E-state index contributed by atoms with van der Waals surface area (Å²) in [5.74, 6) is 2.22. The summed E-state index contributed by atoms with van der Waals surface area (Å²) >= 11 is 0. The predicted molar refractivity (Wildman–Crippen MR) is 51.7 cm³/mol. The zero-order chi connectivity index (χ0) is 10.2. The molecule has 1 aromatic rings. The molecule has 15 heavy (non-hydrogen) atoms. The molecule has 0 bridgehead atoms. The molecule has 2 N–H and O–H groups in total. The molecule has 2 saturated carbocycles. The highest BCUT2D eigenvalue weighted by molar-refractivity contribution is 5.87. The Kier molecular flexibility index (Phi) is 1.19. The van der Waals surface area contributed by atoms with E-state index in [2.05, 4.69) is 10.2 Å². The Labute approximate surface area is 86.7 Å². The second kappa shape index (κ2) is 2.26. The van der Waals surface area contributed by atoms with Crippen LogP contribution in [0.4, 0.5) is 0 Å². The van der Waals surface area contributed by atoms with Crippen molar-refractivity contribution in [1.29, 1.82) is 0 Å². The fourth-order valence-corrected chi connectivity index (χ4v) is 3.45. The summed E-state index contributed by atoms with van der Waals surface area (Å²) in [5.41, 5.74) is 2.37. The molecule has 1 aromatic heterocycles. The summed E-state index contributed by atoms with van der Waals surface area (Å²) in [4.78, 5) is 10.9. The number of carboxylic acids is 1. The van der Waals surface area contributed by atoms with Crippen LogP contribution in [0.3, 0.4) is 0 Å². The number of carbonyl (C=O) groups is 1. The van der Waals surface area contributed by atoms with Gasteiger partial charge in [-0.3, -0.25) is 5.10 Å². The molecular formula is C11H12N2O2. The molecule has 4 nitrogen and oxygen atoms in total. The van der Waals surface area contributed by atoms with Gasteiger partial charge >= 0.3 is 5.97 Å². The minimum atomic E-state index is -0.868. The molecule has 0 saturated heterocycles. The monoisotopic (exact) mass is 204 g/mol. The van der Waals surface area contributed by atoms with Crippen LogP contribution in [0.1, 0.15) is 40.5 Å². The van der Waals surface area contributed by atoms with E-state index in [-0.39, 0.29) is 0 Å². The molecule has 3 atom stereocenters. The Hall–Kier alpha value is -1.32. The van der Waals surface area contributed by atoms with Gasteiger partial charge in [0.05, 0.1) is 5.69 Å². The van der Waals surface area contributed by atoms with Crippen LogP contribution in [0.25, 0.3) is 0 Å². The van der Waals surface area contributed by atoms with Gasteiger partial charge in [0.2, 0.25) is 0 Å². The van der Waals surface area contributed by atoms with Crippen LogP contribution in [-0.4, -0.2) is 21.3 Å². The lowest BCUT2D eigenvalue weighted by Crippen LogP contribution is -2.02. The summed E-state index contributed by atoms with van der Waals surface area (Å²) in [6.45, 7) is 0. The van der Waals surface area contributed by atoms with E-state index >= 15 is 0 Å². The number of H-pyrrole nitrogens is 1. The molecule has 0 radical (unpaired) electrons. The van der Waals surface area contributed by atoms with E-state index in [1.807, 2.05) is 0 Å². The molecule has 0 amide bonds. The molecule has 4 rings (SSSR count). The highest BCUT2D eigenvalue weighted by Gasteiger charge is 2.62. The third-order valence-electron chi connectivity index (χ3n) is 4.26. The summed E-state index contributed by atoms with van der Waals surface area (Å²) in [6, 6.07) is 0. The fourth-order valence-electron chi connectivity index (χ4n) is 3.45.